The number of nitrogens with zero attached hydrogens (tertiary/aromatic N) is 2. The van der Waals surface area contributed by atoms with Crippen molar-refractivity contribution in [1.82, 2.24) is 9.13 Å². The van der Waals surface area contributed by atoms with Crippen molar-refractivity contribution >= 4 is 33.1 Å². The molecule has 0 saturated carbocycles. The number of nitrogens with one attached hydrogen (secondary N) is 1. The first-order valence-corrected chi connectivity index (χ1v) is 8.30. The number of methoxy groups -OCH3 is 1. The van der Waals surface area contributed by atoms with Crippen LogP contribution in [0.4, 0.5) is 5.69 Å². The molecule has 0 aliphatic rings. The van der Waals surface area contributed by atoms with Crippen LogP contribution in [0, 0.1) is 6.92 Å². The normalized spacial score (nSPS) is 10.9. The van der Waals surface area contributed by atoms with Crippen LogP contribution in [-0.4, -0.2) is 22.2 Å². The van der Waals surface area contributed by atoms with Crippen LogP contribution in [0.25, 0.3) is 10.2 Å². The summed E-state index contributed by atoms with van der Waals surface area (Å²) in [6, 6.07) is 6.97. The SMILES string of the molecule is COc1ccc(C)cc1NC(=O)c1cc2c(=O)n(C)c(=O)n(C)c2s1. The summed E-state index contributed by atoms with van der Waals surface area (Å²) in [5.41, 5.74) is 0.684. The van der Waals surface area contributed by atoms with Crippen LogP contribution in [-0.2, 0) is 14.1 Å². The molecular formula is C17H17N3O4S. The molecule has 8 heteroatoms. The zero-order chi connectivity index (χ0) is 18.3. The minimum Gasteiger partial charge on any atom is -0.495 e. The van der Waals surface area contributed by atoms with Gasteiger partial charge in [-0.1, -0.05) is 6.07 Å². The van der Waals surface area contributed by atoms with E-state index in [1.165, 1.54) is 24.8 Å². The Morgan fingerprint density at radius 3 is 2.56 bits per heavy atom. The number of amides is 1. The molecule has 0 fully saturated rings. The molecule has 1 amide bonds. The van der Waals surface area contributed by atoms with Crippen LogP contribution in [0.2, 0.25) is 0 Å². The molecule has 3 rings (SSSR count). The Morgan fingerprint density at radius 2 is 1.88 bits per heavy atom. The molecule has 2 heterocycles. The molecule has 25 heavy (non-hydrogen) atoms. The van der Waals surface area contributed by atoms with Crippen molar-refractivity contribution in [2.45, 2.75) is 6.92 Å². The van der Waals surface area contributed by atoms with Gasteiger partial charge < -0.3 is 10.1 Å². The standard InChI is InChI=1S/C17H17N3O4S/c1-9-5-6-12(24-4)11(7-9)18-14(21)13-8-10-15(22)19(2)17(23)20(3)16(10)25-13/h5-8H,1-4H3,(H,18,21). The van der Waals surface area contributed by atoms with Gasteiger partial charge in [0.2, 0.25) is 0 Å². The number of ether oxygens (including phenoxy) is 1. The van der Waals surface area contributed by atoms with Crippen molar-refractivity contribution in [3.05, 3.63) is 55.5 Å². The zero-order valence-corrected chi connectivity index (χ0v) is 15.1. The molecule has 0 radical (unpaired) electrons. The van der Waals surface area contributed by atoms with Gasteiger partial charge in [-0.2, -0.15) is 0 Å². The van der Waals surface area contributed by atoms with E-state index in [1.54, 1.807) is 19.2 Å². The number of hydrogen-bond donors (Lipinski definition) is 1. The number of rotatable bonds is 3. The van der Waals surface area contributed by atoms with E-state index in [-0.39, 0.29) is 5.91 Å². The Bertz CT molecular complexity index is 1110. The van der Waals surface area contributed by atoms with E-state index in [0.717, 1.165) is 21.5 Å². The highest BCUT2D eigenvalue weighted by Gasteiger charge is 2.17. The lowest BCUT2D eigenvalue weighted by Crippen LogP contribution is -2.36. The van der Waals surface area contributed by atoms with Gasteiger partial charge in [-0.05, 0) is 30.7 Å². The maximum atomic E-state index is 12.6. The third-order valence-electron chi connectivity index (χ3n) is 3.95. The van der Waals surface area contributed by atoms with Crippen LogP contribution < -0.4 is 21.3 Å². The summed E-state index contributed by atoms with van der Waals surface area (Å²) in [6.07, 6.45) is 0. The first-order chi connectivity index (χ1) is 11.8. The zero-order valence-electron chi connectivity index (χ0n) is 14.2. The molecule has 0 saturated heterocycles. The second-order valence-electron chi connectivity index (χ2n) is 5.69. The third-order valence-corrected chi connectivity index (χ3v) is 5.16. The van der Waals surface area contributed by atoms with Gasteiger partial charge in [0.1, 0.15) is 10.6 Å². The molecule has 0 aliphatic heterocycles. The van der Waals surface area contributed by atoms with Gasteiger partial charge in [0.05, 0.1) is 23.1 Å². The molecule has 3 aromatic rings. The van der Waals surface area contributed by atoms with Crippen molar-refractivity contribution in [3.63, 3.8) is 0 Å². The average molecular weight is 359 g/mol. The van der Waals surface area contributed by atoms with E-state index in [4.69, 9.17) is 4.74 Å². The van der Waals surface area contributed by atoms with Gasteiger partial charge in [-0.25, -0.2) is 4.79 Å². The highest BCUT2D eigenvalue weighted by molar-refractivity contribution is 7.20. The molecule has 1 N–H and O–H groups in total. The maximum absolute atomic E-state index is 12.6. The van der Waals surface area contributed by atoms with Crippen LogP contribution in [0.3, 0.4) is 0 Å². The summed E-state index contributed by atoms with van der Waals surface area (Å²) < 4.78 is 7.65. The Balaban J connectivity index is 2.06. The van der Waals surface area contributed by atoms with Gasteiger partial charge in [-0.3, -0.25) is 18.7 Å². The average Bonchev–Trinajstić information content (AvgIpc) is 3.04. The van der Waals surface area contributed by atoms with Crippen LogP contribution in [0.1, 0.15) is 15.2 Å². The fourth-order valence-corrected chi connectivity index (χ4v) is 3.58. The number of thiophene rings is 1. The van der Waals surface area contributed by atoms with E-state index in [9.17, 15) is 14.4 Å². The number of carbonyl (C=O) groups excluding carboxylic acids is 1. The molecule has 0 spiro atoms. The van der Waals surface area contributed by atoms with Crippen molar-refractivity contribution in [1.29, 1.82) is 0 Å². The number of fused-ring (bicyclic) bond motifs is 1. The van der Waals surface area contributed by atoms with Crippen molar-refractivity contribution < 1.29 is 9.53 Å². The molecule has 2 aromatic heterocycles. The van der Waals surface area contributed by atoms with E-state index < -0.39 is 11.2 Å². The first-order valence-electron chi connectivity index (χ1n) is 7.49. The van der Waals surface area contributed by atoms with E-state index in [2.05, 4.69) is 5.32 Å². The minimum atomic E-state index is -0.424. The smallest absolute Gasteiger partial charge is 0.331 e. The van der Waals surface area contributed by atoms with E-state index >= 15 is 0 Å². The number of benzene rings is 1. The molecular weight excluding hydrogens is 342 g/mol. The van der Waals surface area contributed by atoms with Gasteiger partial charge in [0.15, 0.2) is 0 Å². The predicted octanol–water partition coefficient (Wildman–Crippen LogP) is 1.87. The Hall–Kier alpha value is -2.87. The summed E-state index contributed by atoms with van der Waals surface area (Å²) in [4.78, 5) is 37.7. The van der Waals surface area contributed by atoms with E-state index in [0.29, 0.717) is 26.5 Å². The van der Waals surface area contributed by atoms with Crippen LogP contribution in [0.5, 0.6) is 5.75 Å². The quantitative estimate of drug-likeness (QED) is 0.774. The first kappa shape index (κ1) is 17.0. The minimum absolute atomic E-state index is 0.343. The largest absolute Gasteiger partial charge is 0.495 e. The lowest BCUT2D eigenvalue weighted by Gasteiger charge is -2.10. The highest BCUT2D eigenvalue weighted by atomic mass is 32.1. The Morgan fingerprint density at radius 1 is 1.16 bits per heavy atom. The van der Waals surface area contributed by atoms with Gasteiger partial charge >= 0.3 is 5.69 Å². The predicted molar refractivity (Wildman–Crippen MR) is 98.0 cm³/mol. The Kier molecular flexibility index (Phi) is 4.22. The summed E-state index contributed by atoms with van der Waals surface area (Å²) in [7, 11) is 4.52. The number of hydrogen-bond acceptors (Lipinski definition) is 5. The molecule has 0 unspecified atom stereocenters. The summed E-state index contributed by atoms with van der Waals surface area (Å²) in [6.45, 7) is 1.91. The molecule has 7 nitrogen and oxygen atoms in total. The van der Waals surface area contributed by atoms with Gasteiger partial charge in [0.25, 0.3) is 11.5 Å². The molecule has 0 bridgehead atoms. The molecule has 130 valence electrons. The second kappa shape index (κ2) is 6.21. The number of anilines is 1. The van der Waals surface area contributed by atoms with Crippen molar-refractivity contribution in [2.75, 3.05) is 12.4 Å². The lowest BCUT2D eigenvalue weighted by molar-refractivity contribution is 0.103. The maximum Gasteiger partial charge on any atom is 0.331 e. The topological polar surface area (TPSA) is 82.3 Å². The van der Waals surface area contributed by atoms with Gasteiger partial charge in [-0.15, -0.1) is 11.3 Å². The van der Waals surface area contributed by atoms with Gasteiger partial charge in [0, 0.05) is 14.1 Å². The lowest BCUT2D eigenvalue weighted by atomic mass is 10.2. The number of carbonyl (C=O) groups is 1. The Labute approximate surface area is 147 Å². The summed E-state index contributed by atoms with van der Waals surface area (Å²) in [5.74, 6) is 0.183. The molecule has 0 aliphatic carbocycles. The monoisotopic (exact) mass is 359 g/mol. The fourth-order valence-electron chi connectivity index (χ4n) is 2.58. The fraction of sp³-hybridized carbons (Fsp3) is 0.235. The number of aromatic nitrogens is 2. The van der Waals surface area contributed by atoms with Crippen LogP contribution >= 0.6 is 11.3 Å². The second-order valence-corrected chi connectivity index (χ2v) is 6.72. The van der Waals surface area contributed by atoms with Crippen molar-refractivity contribution in [3.8, 4) is 5.75 Å². The van der Waals surface area contributed by atoms with Crippen molar-refractivity contribution in [2.24, 2.45) is 14.1 Å². The molecule has 0 atom stereocenters. The number of aryl methyl sites for hydroxylation is 2. The van der Waals surface area contributed by atoms with E-state index in [1.807, 2.05) is 13.0 Å². The van der Waals surface area contributed by atoms with Crippen LogP contribution in [0.15, 0.2) is 33.9 Å². The third kappa shape index (κ3) is 2.85. The summed E-state index contributed by atoms with van der Waals surface area (Å²) >= 11 is 1.10. The highest BCUT2D eigenvalue weighted by Crippen LogP contribution is 2.27. The summed E-state index contributed by atoms with van der Waals surface area (Å²) in [5, 5.41) is 3.14. The molecule has 1 aromatic carbocycles.